The molecule has 0 heterocycles. The molecule has 0 saturated carbocycles. The highest BCUT2D eigenvalue weighted by molar-refractivity contribution is 6.01. The van der Waals surface area contributed by atoms with Crippen molar-refractivity contribution in [3.8, 4) is 0 Å². The van der Waals surface area contributed by atoms with Crippen LogP contribution in [0.2, 0.25) is 0 Å². The van der Waals surface area contributed by atoms with Crippen LogP contribution in [0.1, 0.15) is 10.4 Å². The number of nitrogens with one attached hydrogen (secondary N) is 2. The molecule has 0 aliphatic carbocycles. The topological polar surface area (TPSA) is 58.2 Å². The van der Waals surface area contributed by atoms with Gasteiger partial charge in [-0.3, -0.25) is 9.59 Å². The van der Waals surface area contributed by atoms with E-state index >= 15 is 0 Å². The Morgan fingerprint density at radius 3 is 2.79 bits per heavy atom. The van der Waals surface area contributed by atoms with Crippen LogP contribution >= 0.6 is 0 Å². The maximum Gasteiger partial charge on any atom is 0.256 e. The van der Waals surface area contributed by atoms with Crippen molar-refractivity contribution in [3.63, 3.8) is 0 Å². The van der Waals surface area contributed by atoms with Crippen molar-refractivity contribution >= 4 is 18.0 Å². The highest BCUT2D eigenvalue weighted by Crippen LogP contribution is 2.17. The number of halogens is 1. The zero-order valence-corrected chi connectivity index (χ0v) is 7.50. The maximum absolute atomic E-state index is 13.2. The number of benzene rings is 1. The summed E-state index contributed by atoms with van der Waals surface area (Å²) in [7, 11) is 1.39. The van der Waals surface area contributed by atoms with E-state index in [4.69, 9.17) is 0 Å². The normalized spacial score (nSPS) is 9.29. The van der Waals surface area contributed by atoms with Crippen LogP contribution in [0.15, 0.2) is 18.2 Å². The fourth-order valence-electron chi connectivity index (χ4n) is 1.06. The molecule has 0 bridgehead atoms. The monoisotopic (exact) mass is 196 g/mol. The molecule has 5 heteroatoms. The summed E-state index contributed by atoms with van der Waals surface area (Å²) in [5.41, 5.74) is -0.0125. The lowest BCUT2D eigenvalue weighted by atomic mass is 10.1. The molecule has 0 fully saturated rings. The Balaban J connectivity index is 3.21. The molecule has 2 amide bonds. The van der Waals surface area contributed by atoms with Gasteiger partial charge in [0.2, 0.25) is 6.41 Å². The minimum absolute atomic E-state index is 0.152. The maximum atomic E-state index is 13.2. The van der Waals surface area contributed by atoms with E-state index in [0.29, 0.717) is 6.41 Å². The summed E-state index contributed by atoms with van der Waals surface area (Å²) in [6.45, 7) is 0. The van der Waals surface area contributed by atoms with Crippen molar-refractivity contribution in [1.29, 1.82) is 0 Å². The number of hydrogen-bond donors (Lipinski definition) is 2. The van der Waals surface area contributed by atoms with Crippen LogP contribution in [-0.4, -0.2) is 19.4 Å². The number of rotatable bonds is 3. The van der Waals surface area contributed by atoms with E-state index in [9.17, 15) is 14.0 Å². The molecule has 4 nitrogen and oxygen atoms in total. The van der Waals surface area contributed by atoms with Gasteiger partial charge in [0.25, 0.3) is 5.91 Å². The Bertz CT molecular complexity index is 366. The number of hydrogen-bond acceptors (Lipinski definition) is 2. The molecule has 14 heavy (non-hydrogen) atoms. The standard InChI is InChI=1S/C9H9FN2O2/c1-11-9(14)8-6(10)3-2-4-7(8)12-5-13/h2-5H,1H3,(H,11,14)(H,12,13). The molecule has 2 N–H and O–H groups in total. The van der Waals surface area contributed by atoms with Gasteiger partial charge in [-0.15, -0.1) is 0 Å². The van der Waals surface area contributed by atoms with Crippen molar-refractivity contribution in [3.05, 3.63) is 29.6 Å². The average Bonchev–Trinajstić information content (AvgIpc) is 2.18. The number of anilines is 1. The van der Waals surface area contributed by atoms with Gasteiger partial charge in [0.05, 0.1) is 11.3 Å². The number of amides is 2. The lowest BCUT2D eigenvalue weighted by Crippen LogP contribution is -2.21. The van der Waals surface area contributed by atoms with E-state index in [-0.39, 0.29) is 11.3 Å². The van der Waals surface area contributed by atoms with E-state index in [2.05, 4.69) is 10.6 Å². The second-order valence-corrected chi connectivity index (χ2v) is 2.50. The Labute approximate surface area is 80.1 Å². The molecule has 0 aliphatic heterocycles. The summed E-state index contributed by atoms with van der Waals surface area (Å²) in [6.07, 6.45) is 0.390. The molecular formula is C9H9FN2O2. The molecule has 0 unspecified atom stereocenters. The van der Waals surface area contributed by atoms with E-state index < -0.39 is 11.7 Å². The zero-order chi connectivity index (χ0) is 10.6. The Hall–Kier alpha value is -1.91. The van der Waals surface area contributed by atoms with E-state index in [1.165, 1.54) is 19.2 Å². The van der Waals surface area contributed by atoms with E-state index in [1.54, 1.807) is 0 Å². The number of carbonyl (C=O) groups is 2. The van der Waals surface area contributed by atoms with Gasteiger partial charge in [-0.2, -0.15) is 0 Å². The molecule has 0 aliphatic rings. The van der Waals surface area contributed by atoms with Gasteiger partial charge < -0.3 is 10.6 Å². The Kier molecular flexibility index (Phi) is 3.17. The van der Waals surface area contributed by atoms with Crippen molar-refractivity contribution in [2.24, 2.45) is 0 Å². The van der Waals surface area contributed by atoms with Crippen molar-refractivity contribution in [1.82, 2.24) is 5.32 Å². The second kappa shape index (κ2) is 4.36. The van der Waals surface area contributed by atoms with Gasteiger partial charge in [-0.1, -0.05) is 6.07 Å². The summed E-state index contributed by atoms with van der Waals surface area (Å²) in [4.78, 5) is 21.4. The van der Waals surface area contributed by atoms with Crippen molar-refractivity contribution < 1.29 is 14.0 Å². The summed E-state index contributed by atoms with van der Waals surface area (Å²) >= 11 is 0. The first-order valence-electron chi connectivity index (χ1n) is 3.91. The second-order valence-electron chi connectivity index (χ2n) is 2.50. The van der Waals surface area contributed by atoms with Crippen molar-refractivity contribution in [2.45, 2.75) is 0 Å². The lowest BCUT2D eigenvalue weighted by molar-refractivity contribution is -0.105. The first kappa shape index (κ1) is 10.2. The summed E-state index contributed by atoms with van der Waals surface area (Å²) in [6, 6.07) is 4.01. The average molecular weight is 196 g/mol. The van der Waals surface area contributed by atoms with Gasteiger partial charge in [-0.05, 0) is 12.1 Å². The third-order valence-electron chi connectivity index (χ3n) is 1.68. The van der Waals surface area contributed by atoms with Gasteiger partial charge in [0.1, 0.15) is 5.82 Å². The molecule has 0 atom stereocenters. The van der Waals surface area contributed by atoms with Crippen LogP contribution < -0.4 is 10.6 Å². The van der Waals surface area contributed by atoms with E-state index in [0.717, 1.165) is 6.07 Å². The number of carbonyl (C=O) groups excluding carboxylic acids is 2. The summed E-state index contributed by atoms with van der Waals surface area (Å²) in [5, 5.41) is 4.54. The quantitative estimate of drug-likeness (QED) is 0.701. The first-order valence-corrected chi connectivity index (χ1v) is 3.91. The minimum Gasteiger partial charge on any atom is -0.355 e. The molecule has 0 aromatic heterocycles. The molecule has 0 spiro atoms. The summed E-state index contributed by atoms with van der Waals surface area (Å²) in [5.74, 6) is -1.25. The van der Waals surface area contributed by atoms with Crippen LogP contribution in [-0.2, 0) is 4.79 Å². The first-order chi connectivity index (χ1) is 6.70. The van der Waals surface area contributed by atoms with E-state index in [1.807, 2.05) is 0 Å². The third-order valence-corrected chi connectivity index (χ3v) is 1.68. The van der Waals surface area contributed by atoms with Crippen molar-refractivity contribution in [2.75, 3.05) is 12.4 Å². The SMILES string of the molecule is CNC(=O)c1c(F)cccc1NC=O. The lowest BCUT2D eigenvalue weighted by Gasteiger charge is -2.07. The molecule has 1 rings (SSSR count). The smallest absolute Gasteiger partial charge is 0.256 e. The fraction of sp³-hybridized carbons (Fsp3) is 0.111. The van der Waals surface area contributed by atoms with Crippen LogP contribution in [0.3, 0.4) is 0 Å². The summed E-state index contributed by atoms with van der Waals surface area (Å²) < 4.78 is 13.2. The zero-order valence-electron chi connectivity index (χ0n) is 7.50. The Morgan fingerprint density at radius 1 is 1.50 bits per heavy atom. The van der Waals surface area contributed by atoms with Gasteiger partial charge >= 0.3 is 0 Å². The van der Waals surface area contributed by atoms with Gasteiger partial charge in [0, 0.05) is 7.05 Å². The van der Waals surface area contributed by atoms with Crippen LogP contribution in [0.25, 0.3) is 0 Å². The Morgan fingerprint density at radius 2 is 2.21 bits per heavy atom. The predicted molar refractivity (Wildman–Crippen MR) is 49.5 cm³/mol. The molecule has 1 aromatic carbocycles. The highest BCUT2D eigenvalue weighted by Gasteiger charge is 2.14. The highest BCUT2D eigenvalue weighted by atomic mass is 19.1. The fourth-order valence-corrected chi connectivity index (χ4v) is 1.06. The van der Waals surface area contributed by atoms with Crippen LogP contribution in [0, 0.1) is 5.82 Å². The molecule has 0 radical (unpaired) electrons. The molecular weight excluding hydrogens is 187 g/mol. The molecule has 74 valence electrons. The van der Waals surface area contributed by atoms with Gasteiger partial charge in [-0.25, -0.2) is 4.39 Å². The van der Waals surface area contributed by atoms with Gasteiger partial charge in [0.15, 0.2) is 0 Å². The van der Waals surface area contributed by atoms with Crippen LogP contribution in [0.4, 0.5) is 10.1 Å². The van der Waals surface area contributed by atoms with Crippen LogP contribution in [0.5, 0.6) is 0 Å². The molecule has 0 saturated heterocycles. The largest absolute Gasteiger partial charge is 0.355 e. The molecule has 1 aromatic rings. The predicted octanol–water partition coefficient (Wildman–Crippen LogP) is 0.754. The third kappa shape index (κ3) is 1.87. The minimum atomic E-state index is -0.670.